The molecule has 5 nitrogen and oxygen atoms in total. The summed E-state index contributed by atoms with van der Waals surface area (Å²) in [6.45, 7) is -0.186. The molecule has 72 valence electrons. The molecule has 0 amide bonds. The second-order valence-corrected chi connectivity index (χ2v) is 3.24. The molecule has 0 aromatic carbocycles. The van der Waals surface area contributed by atoms with Gasteiger partial charge in [0.05, 0.1) is 19.8 Å². The van der Waals surface area contributed by atoms with Gasteiger partial charge in [0.2, 0.25) is 0 Å². The normalized spacial score (nSPS) is 12.5. The number of hydrogen-bond donors (Lipinski definition) is 2. The average Bonchev–Trinajstić information content (AvgIpc) is 2.64. The van der Waals surface area contributed by atoms with E-state index in [4.69, 9.17) is 10.8 Å². The zero-order chi connectivity index (χ0) is 9.84. The lowest BCUT2D eigenvalue weighted by Gasteiger charge is -2.01. The molecule has 1 aromatic heterocycles. The van der Waals surface area contributed by atoms with Crippen molar-refractivity contribution >= 4 is 17.3 Å². The first-order chi connectivity index (χ1) is 6.19. The second-order valence-electron chi connectivity index (χ2n) is 2.35. The molecule has 0 radical (unpaired) electrons. The number of carbonyl (C=O) groups excluding carboxylic acids is 1. The molecule has 0 aliphatic carbocycles. The summed E-state index contributed by atoms with van der Waals surface area (Å²) >= 11 is 1.23. The van der Waals surface area contributed by atoms with Gasteiger partial charge in [0, 0.05) is 5.38 Å². The van der Waals surface area contributed by atoms with Gasteiger partial charge in [-0.25, -0.2) is 9.78 Å². The van der Waals surface area contributed by atoms with E-state index in [-0.39, 0.29) is 12.3 Å². The topological polar surface area (TPSA) is 85.4 Å². The van der Waals surface area contributed by atoms with E-state index in [9.17, 15) is 4.79 Å². The number of ether oxygens (including phenoxy) is 1. The van der Waals surface area contributed by atoms with Gasteiger partial charge in [-0.05, 0) is 0 Å². The molecule has 6 heteroatoms. The summed E-state index contributed by atoms with van der Waals surface area (Å²) in [7, 11) is 1.29. The van der Waals surface area contributed by atoms with Crippen LogP contribution < -0.4 is 5.73 Å². The highest BCUT2D eigenvalue weighted by atomic mass is 32.1. The van der Waals surface area contributed by atoms with Gasteiger partial charge >= 0.3 is 5.97 Å². The van der Waals surface area contributed by atoms with Crippen LogP contribution in [0.4, 0.5) is 0 Å². The molecular formula is C7H10N2O3S. The molecule has 1 atom stereocenters. The number of aromatic nitrogens is 1. The van der Waals surface area contributed by atoms with Crippen LogP contribution in [0.5, 0.6) is 0 Å². The van der Waals surface area contributed by atoms with Gasteiger partial charge in [-0.1, -0.05) is 0 Å². The molecule has 0 fully saturated rings. The van der Waals surface area contributed by atoms with Crippen molar-refractivity contribution in [2.24, 2.45) is 5.73 Å². The Morgan fingerprint density at radius 1 is 1.92 bits per heavy atom. The summed E-state index contributed by atoms with van der Waals surface area (Å²) in [4.78, 5) is 14.9. The van der Waals surface area contributed by atoms with E-state index in [0.29, 0.717) is 5.01 Å². The summed E-state index contributed by atoms with van der Waals surface area (Å²) in [5.74, 6) is -0.493. The Bertz CT molecular complexity index is 300. The molecule has 0 bridgehead atoms. The first-order valence-corrected chi connectivity index (χ1v) is 4.47. The SMILES string of the molecule is COC(=O)c1csc([C@@H](N)CO)n1. The molecule has 3 N–H and O–H groups in total. The van der Waals surface area contributed by atoms with Gasteiger partial charge in [-0.3, -0.25) is 0 Å². The Morgan fingerprint density at radius 2 is 2.62 bits per heavy atom. The first-order valence-electron chi connectivity index (χ1n) is 3.59. The van der Waals surface area contributed by atoms with Gasteiger partial charge in [0.25, 0.3) is 0 Å². The molecule has 0 spiro atoms. The molecule has 0 unspecified atom stereocenters. The van der Waals surface area contributed by atoms with Crippen molar-refractivity contribution in [3.05, 3.63) is 16.1 Å². The lowest BCUT2D eigenvalue weighted by Crippen LogP contribution is -2.14. The van der Waals surface area contributed by atoms with Crippen LogP contribution in [0.25, 0.3) is 0 Å². The van der Waals surface area contributed by atoms with Crippen LogP contribution in [0.2, 0.25) is 0 Å². The van der Waals surface area contributed by atoms with Gasteiger partial charge in [0.1, 0.15) is 5.01 Å². The van der Waals surface area contributed by atoms with E-state index in [0.717, 1.165) is 0 Å². The minimum atomic E-state index is -0.525. The lowest BCUT2D eigenvalue weighted by molar-refractivity contribution is 0.0594. The number of carbonyl (C=O) groups is 1. The van der Waals surface area contributed by atoms with Gasteiger partial charge < -0.3 is 15.6 Å². The van der Waals surface area contributed by atoms with E-state index in [1.54, 1.807) is 5.38 Å². The number of thiazole rings is 1. The number of rotatable bonds is 3. The predicted molar refractivity (Wildman–Crippen MR) is 47.5 cm³/mol. The molecule has 1 rings (SSSR count). The van der Waals surface area contributed by atoms with Gasteiger partial charge in [-0.15, -0.1) is 11.3 Å². The predicted octanol–water partition coefficient (Wildman–Crippen LogP) is -0.0782. The number of methoxy groups -OCH3 is 1. The monoisotopic (exact) mass is 202 g/mol. The molecule has 13 heavy (non-hydrogen) atoms. The van der Waals surface area contributed by atoms with Crippen molar-refractivity contribution in [2.75, 3.05) is 13.7 Å². The Labute approximate surface area is 79.2 Å². The lowest BCUT2D eigenvalue weighted by atomic mass is 10.3. The van der Waals surface area contributed by atoms with E-state index < -0.39 is 12.0 Å². The molecule has 0 saturated carbocycles. The van der Waals surface area contributed by atoms with Gasteiger partial charge in [-0.2, -0.15) is 0 Å². The van der Waals surface area contributed by atoms with Crippen LogP contribution in [0.3, 0.4) is 0 Å². The highest BCUT2D eigenvalue weighted by Crippen LogP contribution is 2.16. The maximum absolute atomic E-state index is 11.0. The third-order valence-electron chi connectivity index (χ3n) is 1.43. The van der Waals surface area contributed by atoms with Crippen molar-refractivity contribution in [1.82, 2.24) is 4.98 Å². The van der Waals surface area contributed by atoms with Crippen LogP contribution in [0, 0.1) is 0 Å². The fourth-order valence-electron chi connectivity index (χ4n) is 0.734. The molecule has 0 aliphatic heterocycles. The number of esters is 1. The third-order valence-corrected chi connectivity index (χ3v) is 2.41. The Balaban J connectivity index is 2.80. The fourth-order valence-corrected chi connectivity index (χ4v) is 1.52. The van der Waals surface area contributed by atoms with Crippen LogP contribution in [-0.2, 0) is 4.74 Å². The third kappa shape index (κ3) is 2.24. The number of aliphatic hydroxyl groups is 1. The Hall–Kier alpha value is -0.980. The standard InChI is InChI=1S/C7H10N2O3S/c1-12-7(11)5-3-13-6(9-5)4(8)2-10/h3-4,10H,2,8H2,1H3/t4-/m0/s1. The maximum atomic E-state index is 11.0. The average molecular weight is 202 g/mol. The minimum Gasteiger partial charge on any atom is -0.464 e. The molecular weight excluding hydrogens is 192 g/mol. The van der Waals surface area contributed by atoms with E-state index in [1.165, 1.54) is 18.4 Å². The molecule has 1 heterocycles. The summed E-state index contributed by atoms with van der Waals surface area (Å²) in [5, 5.41) is 10.8. The van der Waals surface area contributed by atoms with Crippen molar-refractivity contribution in [1.29, 1.82) is 0 Å². The number of nitrogens with two attached hydrogens (primary N) is 1. The Morgan fingerprint density at radius 3 is 3.15 bits per heavy atom. The van der Waals surface area contributed by atoms with Crippen molar-refractivity contribution in [3.63, 3.8) is 0 Å². The summed E-state index contributed by atoms with van der Waals surface area (Å²) in [6, 6.07) is -0.525. The highest BCUT2D eigenvalue weighted by Gasteiger charge is 2.14. The second kappa shape index (κ2) is 4.31. The number of nitrogens with zero attached hydrogens (tertiary/aromatic N) is 1. The van der Waals surface area contributed by atoms with E-state index in [1.807, 2.05) is 0 Å². The number of aliphatic hydroxyl groups excluding tert-OH is 1. The zero-order valence-electron chi connectivity index (χ0n) is 7.06. The van der Waals surface area contributed by atoms with Gasteiger partial charge in [0.15, 0.2) is 5.69 Å². The highest BCUT2D eigenvalue weighted by molar-refractivity contribution is 7.09. The van der Waals surface area contributed by atoms with Crippen LogP contribution in [-0.4, -0.2) is 29.8 Å². The molecule has 0 saturated heterocycles. The largest absolute Gasteiger partial charge is 0.464 e. The number of hydrogen-bond acceptors (Lipinski definition) is 6. The van der Waals surface area contributed by atoms with Crippen molar-refractivity contribution < 1.29 is 14.6 Å². The molecule has 1 aromatic rings. The minimum absolute atomic E-state index is 0.186. The van der Waals surface area contributed by atoms with Crippen molar-refractivity contribution in [2.45, 2.75) is 6.04 Å². The van der Waals surface area contributed by atoms with Crippen LogP contribution >= 0.6 is 11.3 Å². The van der Waals surface area contributed by atoms with E-state index >= 15 is 0 Å². The summed E-state index contributed by atoms with van der Waals surface area (Å²) in [5.41, 5.74) is 5.72. The van der Waals surface area contributed by atoms with Crippen LogP contribution in [0.15, 0.2) is 5.38 Å². The first kappa shape index (κ1) is 10.1. The van der Waals surface area contributed by atoms with Crippen LogP contribution in [0.1, 0.15) is 21.5 Å². The Kier molecular flexibility index (Phi) is 3.35. The van der Waals surface area contributed by atoms with Crippen molar-refractivity contribution in [3.8, 4) is 0 Å². The summed E-state index contributed by atoms with van der Waals surface area (Å²) in [6.07, 6.45) is 0. The zero-order valence-corrected chi connectivity index (χ0v) is 7.87. The fraction of sp³-hybridized carbons (Fsp3) is 0.429. The smallest absolute Gasteiger partial charge is 0.357 e. The molecule has 0 aliphatic rings. The quantitative estimate of drug-likeness (QED) is 0.670. The maximum Gasteiger partial charge on any atom is 0.357 e. The van der Waals surface area contributed by atoms with E-state index in [2.05, 4.69) is 9.72 Å². The summed E-state index contributed by atoms with van der Waals surface area (Å²) < 4.78 is 4.46.